The molecule has 3 rings (SSSR count). The number of methoxy groups -OCH3 is 1. The highest BCUT2D eigenvalue weighted by atomic mass is 79.9. The lowest BCUT2D eigenvalue weighted by molar-refractivity contribution is -0.122. The van der Waals surface area contributed by atoms with Gasteiger partial charge in [-0.3, -0.25) is 14.2 Å². The summed E-state index contributed by atoms with van der Waals surface area (Å²) in [4.78, 5) is 29.5. The fourth-order valence-corrected chi connectivity index (χ4v) is 3.41. The fourth-order valence-electron chi connectivity index (χ4n) is 3.05. The Morgan fingerprint density at radius 3 is 2.77 bits per heavy atom. The maximum atomic E-state index is 12.7. The van der Waals surface area contributed by atoms with E-state index in [2.05, 4.69) is 26.2 Å². The second kappa shape index (κ2) is 9.75. The first-order valence-electron chi connectivity index (χ1n) is 9.67. The molecule has 8 heteroatoms. The van der Waals surface area contributed by atoms with Crippen molar-refractivity contribution in [1.29, 1.82) is 0 Å². The van der Waals surface area contributed by atoms with Crippen molar-refractivity contribution < 1.29 is 14.3 Å². The Bertz CT molecular complexity index is 1110. The fraction of sp³-hybridized carbons (Fsp3) is 0.318. The van der Waals surface area contributed by atoms with Gasteiger partial charge in [-0.2, -0.15) is 0 Å². The maximum Gasteiger partial charge on any atom is 0.261 e. The van der Waals surface area contributed by atoms with Crippen molar-refractivity contribution in [1.82, 2.24) is 14.9 Å². The summed E-state index contributed by atoms with van der Waals surface area (Å²) in [5, 5.41) is 3.37. The number of rotatable bonds is 8. The number of amides is 1. The minimum atomic E-state index is -0.286. The third kappa shape index (κ3) is 4.99. The molecule has 0 aliphatic heterocycles. The molecular weight excluding hydrogens is 450 g/mol. The largest absolute Gasteiger partial charge is 0.493 e. The van der Waals surface area contributed by atoms with Crippen LogP contribution in [0.5, 0.6) is 11.5 Å². The third-order valence-corrected chi connectivity index (χ3v) is 5.12. The molecule has 2 aromatic carbocycles. The van der Waals surface area contributed by atoms with Crippen LogP contribution in [-0.2, 0) is 11.3 Å². The van der Waals surface area contributed by atoms with E-state index in [1.165, 1.54) is 10.9 Å². The number of ether oxygens (including phenoxy) is 2. The number of nitrogens with one attached hydrogen (secondary N) is 1. The first kappa shape index (κ1) is 21.8. The number of benzene rings is 2. The van der Waals surface area contributed by atoms with Gasteiger partial charge in [-0.25, -0.2) is 4.98 Å². The zero-order valence-electron chi connectivity index (χ0n) is 17.1. The minimum Gasteiger partial charge on any atom is -0.493 e. The van der Waals surface area contributed by atoms with Crippen molar-refractivity contribution in [2.24, 2.45) is 0 Å². The molecule has 0 radical (unpaired) electrons. The smallest absolute Gasteiger partial charge is 0.261 e. The highest BCUT2D eigenvalue weighted by molar-refractivity contribution is 9.10. The quantitative estimate of drug-likeness (QED) is 0.537. The number of carbonyl (C=O) groups excluding carboxylic acids is 1. The van der Waals surface area contributed by atoms with Gasteiger partial charge in [0, 0.05) is 4.47 Å². The van der Waals surface area contributed by atoms with Crippen molar-refractivity contribution in [3.63, 3.8) is 0 Å². The van der Waals surface area contributed by atoms with Gasteiger partial charge < -0.3 is 14.8 Å². The van der Waals surface area contributed by atoms with Gasteiger partial charge in [0.25, 0.3) is 5.56 Å². The zero-order valence-corrected chi connectivity index (χ0v) is 18.7. The number of aromatic nitrogens is 2. The summed E-state index contributed by atoms with van der Waals surface area (Å²) in [5.74, 6) is 0.996. The molecule has 1 atom stereocenters. The normalized spacial score (nSPS) is 11.9. The molecule has 0 saturated heterocycles. The van der Waals surface area contributed by atoms with E-state index in [4.69, 9.17) is 9.47 Å². The Morgan fingerprint density at radius 1 is 1.23 bits per heavy atom. The second-order valence-electron chi connectivity index (χ2n) is 6.89. The highest BCUT2D eigenvalue weighted by Gasteiger charge is 2.14. The summed E-state index contributed by atoms with van der Waals surface area (Å²) in [5.41, 5.74) is 1.20. The Hall–Kier alpha value is -2.87. The van der Waals surface area contributed by atoms with Crippen molar-refractivity contribution in [2.75, 3.05) is 13.7 Å². The van der Waals surface area contributed by atoms with Crippen LogP contribution in [-0.4, -0.2) is 29.2 Å². The summed E-state index contributed by atoms with van der Waals surface area (Å²) >= 11 is 3.36. The van der Waals surface area contributed by atoms with Gasteiger partial charge in [-0.05, 0) is 49.2 Å². The molecule has 30 heavy (non-hydrogen) atoms. The Labute approximate surface area is 183 Å². The molecule has 158 valence electrons. The van der Waals surface area contributed by atoms with Crippen LogP contribution in [0.1, 0.15) is 31.9 Å². The third-order valence-electron chi connectivity index (χ3n) is 4.63. The summed E-state index contributed by atoms with van der Waals surface area (Å²) < 4.78 is 13.2. The Morgan fingerprint density at radius 2 is 2.03 bits per heavy atom. The molecule has 0 fully saturated rings. The number of carbonyl (C=O) groups is 1. The van der Waals surface area contributed by atoms with Crippen LogP contribution in [0.2, 0.25) is 0 Å². The van der Waals surface area contributed by atoms with E-state index in [1.54, 1.807) is 19.2 Å². The van der Waals surface area contributed by atoms with E-state index in [1.807, 2.05) is 38.1 Å². The van der Waals surface area contributed by atoms with E-state index in [0.717, 1.165) is 16.5 Å². The van der Waals surface area contributed by atoms with Crippen LogP contribution >= 0.6 is 15.9 Å². The number of halogens is 1. The van der Waals surface area contributed by atoms with Gasteiger partial charge in [0.1, 0.15) is 6.54 Å². The predicted octanol–water partition coefficient (Wildman–Crippen LogP) is 3.83. The van der Waals surface area contributed by atoms with Gasteiger partial charge in [-0.15, -0.1) is 0 Å². The molecule has 1 heterocycles. The summed E-state index contributed by atoms with van der Waals surface area (Å²) in [6.45, 7) is 4.39. The van der Waals surface area contributed by atoms with Crippen molar-refractivity contribution in [3.8, 4) is 11.5 Å². The van der Waals surface area contributed by atoms with E-state index < -0.39 is 0 Å². The molecular formula is C22H24BrN3O4. The summed E-state index contributed by atoms with van der Waals surface area (Å²) in [6, 6.07) is 10.6. The molecule has 1 aromatic heterocycles. The standard InChI is InChI=1S/C22H24BrN3O4/c1-4-9-30-19-8-5-15(10-20(19)29-3)14(2)25-21(27)12-26-13-24-18-7-6-16(23)11-17(18)22(26)28/h5-8,10-11,13-14H,4,9,12H2,1-3H3,(H,25,27). The lowest BCUT2D eigenvalue weighted by Crippen LogP contribution is -2.34. The first-order chi connectivity index (χ1) is 14.4. The highest BCUT2D eigenvalue weighted by Crippen LogP contribution is 2.30. The average Bonchev–Trinajstić information content (AvgIpc) is 2.74. The summed E-state index contributed by atoms with van der Waals surface area (Å²) in [6.07, 6.45) is 2.29. The molecule has 0 spiro atoms. The van der Waals surface area contributed by atoms with Crippen LogP contribution in [0.4, 0.5) is 0 Å². The Balaban J connectivity index is 1.72. The second-order valence-corrected chi connectivity index (χ2v) is 7.80. The van der Waals surface area contributed by atoms with Gasteiger partial charge in [0.2, 0.25) is 5.91 Å². The minimum absolute atomic E-state index is 0.118. The lowest BCUT2D eigenvalue weighted by atomic mass is 10.1. The zero-order chi connectivity index (χ0) is 21.7. The molecule has 0 saturated carbocycles. The van der Waals surface area contributed by atoms with Crippen LogP contribution < -0.4 is 20.3 Å². The van der Waals surface area contributed by atoms with Crippen molar-refractivity contribution >= 4 is 32.7 Å². The maximum absolute atomic E-state index is 12.7. The van der Waals surface area contributed by atoms with Crippen LogP contribution in [0.15, 0.2) is 52.0 Å². The van der Waals surface area contributed by atoms with Gasteiger partial charge in [-0.1, -0.05) is 28.9 Å². The molecule has 1 N–H and O–H groups in total. The average molecular weight is 474 g/mol. The van der Waals surface area contributed by atoms with E-state index in [9.17, 15) is 9.59 Å². The van der Waals surface area contributed by atoms with Crippen LogP contribution in [0.25, 0.3) is 10.9 Å². The number of hydrogen-bond donors (Lipinski definition) is 1. The molecule has 1 amide bonds. The topological polar surface area (TPSA) is 82.5 Å². The summed E-state index contributed by atoms with van der Waals surface area (Å²) in [7, 11) is 1.58. The number of nitrogens with zero attached hydrogens (tertiary/aromatic N) is 2. The van der Waals surface area contributed by atoms with Gasteiger partial charge in [0.15, 0.2) is 11.5 Å². The van der Waals surface area contributed by atoms with Gasteiger partial charge in [0.05, 0.1) is 37.0 Å². The molecule has 1 unspecified atom stereocenters. The molecule has 0 aliphatic rings. The molecule has 7 nitrogen and oxygen atoms in total. The van der Waals surface area contributed by atoms with Gasteiger partial charge >= 0.3 is 0 Å². The van der Waals surface area contributed by atoms with Crippen LogP contribution in [0.3, 0.4) is 0 Å². The van der Waals surface area contributed by atoms with E-state index >= 15 is 0 Å². The lowest BCUT2D eigenvalue weighted by Gasteiger charge is -2.17. The van der Waals surface area contributed by atoms with E-state index in [0.29, 0.717) is 29.0 Å². The molecule has 0 aliphatic carbocycles. The SMILES string of the molecule is CCCOc1ccc(C(C)NC(=O)Cn2cnc3ccc(Br)cc3c2=O)cc1OC. The van der Waals surface area contributed by atoms with Crippen molar-refractivity contribution in [2.45, 2.75) is 32.9 Å². The Kier molecular flexibility index (Phi) is 7.10. The van der Waals surface area contributed by atoms with Crippen LogP contribution in [0, 0.1) is 0 Å². The molecule has 0 bridgehead atoms. The predicted molar refractivity (Wildman–Crippen MR) is 119 cm³/mol. The number of fused-ring (bicyclic) bond motifs is 1. The number of hydrogen-bond acceptors (Lipinski definition) is 5. The van der Waals surface area contributed by atoms with Crippen molar-refractivity contribution in [3.05, 3.63) is 63.1 Å². The first-order valence-corrected chi connectivity index (χ1v) is 10.5. The monoisotopic (exact) mass is 473 g/mol. The molecule has 3 aromatic rings. The van der Waals surface area contributed by atoms with E-state index in [-0.39, 0.29) is 24.1 Å².